The van der Waals surface area contributed by atoms with E-state index in [1.165, 1.54) is 37.9 Å². The van der Waals surface area contributed by atoms with E-state index in [0.29, 0.717) is 0 Å². The van der Waals surface area contributed by atoms with Gasteiger partial charge in [-0.05, 0) is 56.0 Å². The monoisotopic (exact) mass is 289 g/mol. The number of piperidine rings is 1. The largest absolute Gasteiger partial charge is 0.497 e. The Morgan fingerprint density at radius 2 is 1.86 bits per heavy atom. The third kappa shape index (κ3) is 5.52. The molecule has 0 spiro atoms. The van der Waals surface area contributed by atoms with Crippen LogP contribution in [-0.4, -0.2) is 45.4 Å². The summed E-state index contributed by atoms with van der Waals surface area (Å²) in [7, 11) is 3.49. The SMILES string of the molecule is COCCC1CCN(CC=Cc2ccc(OC)cc2)CC1. The van der Waals surface area contributed by atoms with Gasteiger partial charge < -0.3 is 9.47 Å². The first kappa shape index (κ1) is 16.1. The summed E-state index contributed by atoms with van der Waals surface area (Å²) in [6.07, 6.45) is 8.28. The van der Waals surface area contributed by atoms with Gasteiger partial charge in [-0.15, -0.1) is 0 Å². The van der Waals surface area contributed by atoms with Crippen molar-refractivity contribution < 1.29 is 9.47 Å². The van der Waals surface area contributed by atoms with Gasteiger partial charge in [0.15, 0.2) is 0 Å². The Bertz CT molecular complexity index is 419. The average Bonchev–Trinajstić information content (AvgIpc) is 2.55. The fourth-order valence-corrected chi connectivity index (χ4v) is 2.80. The summed E-state index contributed by atoms with van der Waals surface area (Å²) in [6, 6.07) is 8.18. The van der Waals surface area contributed by atoms with E-state index in [1.54, 1.807) is 14.2 Å². The van der Waals surface area contributed by atoms with E-state index < -0.39 is 0 Å². The van der Waals surface area contributed by atoms with E-state index >= 15 is 0 Å². The summed E-state index contributed by atoms with van der Waals surface area (Å²) in [5.74, 6) is 1.76. The first-order chi connectivity index (χ1) is 10.3. The highest BCUT2D eigenvalue weighted by Gasteiger charge is 2.17. The van der Waals surface area contributed by atoms with Crippen molar-refractivity contribution in [2.45, 2.75) is 19.3 Å². The van der Waals surface area contributed by atoms with Gasteiger partial charge >= 0.3 is 0 Å². The third-order valence-electron chi connectivity index (χ3n) is 4.23. The Balaban J connectivity index is 1.70. The van der Waals surface area contributed by atoms with Crippen molar-refractivity contribution in [2.75, 3.05) is 40.5 Å². The molecule has 0 saturated carbocycles. The van der Waals surface area contributed by atoms with Gasteiger partial charge in [-0.2, -0.15) is 0 Å². The fourth-order valence-electron chi connectivity index (χ4n) is 2.80. The number of methoxy groups -OCH3 is 2. The molecule has 0 atom stereocenters. The molecular formula is C18H27NO2. The van der Waals surface area contributed by atoms with Crippen LogP contribution in [0, 0.1) is 5.92 Å². The quantitative estimate of drug-likeness (QED) is 0.767. The van der Waals surface area contributed by atoms with Gasteiger partial charge in [0.05, 0.1) is 7.11 Å². The molecule has 1 heterocycles. The molecule has 0 radical (unpaired) electrons. The lowest BCUT2D eigenvalue weighted by Crippen LogP contribution is -2.34. The molecule has 1 aliphatic heterocycles. The number of ether oxygens (including phenoxy) is 2. The molecule has 1 aromatic carbocycles. The smallest absolute Gasteiger partial charge is 0.118 e. The van der Waals surface area contributed by atoms with E-state index in [0.717, 1.165) is 24.8 Å². The highest BCUT2D eigenvalue weighted by atomic mass is 16.5. The zero-order valence-corrected chi connectivity index (χ0v) is 13.3. The van der Waals surface area contributed by atoms with Gasteiger partial charge in [0, 0.05) is 20.3 Å². The molecule has 1 aromatic rings. The predicted molar refractivity (Wildman–Crippen MR) is 87.7 cm³/mol. The first-order valence-electron chi connectivity index (χ1n) is 7.83. The standard InChI is InChI=1S/C18H27NO2/c1-20-15-11-17-9-13-19(14-10-17)12-3-4-16-5-7-18(21-2)8-6-16/h3-8,17H,9-15H2,1-2H3. The molecule has 1 aliphatic rings. The predicted octanol–water partition coefficient (Wildman–Crippen LogP) is 3.46. The molecule has 1 saturated heterocycles. The number of hydrogen-bond donors (Lipinski definition) is 0. The lowest BCUT2D eigenvalue weighted by molar-refractivity contribution is 0.141. The van der Waals surface area contributed by atoms with Crippen LogP contribution in [0.5, 0.6) is 5.75 Å². The number of likely N-dealkylation sites (tertiary alicyclic amines) is 1. The van der Waals surface area contributed by atoms with Crippen molar-refractivity contribution in [3.05, 3.63) is 35.9 Å². The topological polar surface area (TPSA) is 21.7 Å². The van der Waals surface area contributed by atoms with E-state index in [1.807, 2.05) is 12.1 Å². The van der Waals surface area contributed by atoms with E-state index in [-0.39, 0.29) is 0 Å². The molecule has 1 fully saturated rings. The molecule has 3 nitrogen and oxygen atoms in total. The molecule has 0 unspecified atom stereocenters. The van der Waals surface area contributed by atoms with Crippen LogP contribution in [0.4, 0.5) is 0 Å². The number of rotatable bonds is 7. The van der Waals surface area contributed by atoms with Crippen molar-refractivity contribution in [1.82, 2.24) is 4.90 Å². The molecule has 0 aliphatic carbocycles. The number of hydrogen-bond acceptors (Lipinski definition) is 3. The van der Waals surface area contributed by atoms with Gasteiger partial charge in [0.25, 0.3) is 0 Å². The van der Waals surface area contributed by atoms with Crippen LogP contribution >= 0.6 is 0 Å². The molecular weight excluding hydrogens is 262 g/mol. The van der Waals surface area contributed by atoms with Crippen LogP contribution in [0.25, 0.3) is 6.08 Å². The van der Waals surface area contributed by atoms with Gasteiger partial charge in [0.2, 0.25) is 0 Å². The van der Waals surface area contributed by atoms with Crippen LogP contribution in [0.1, 0.15) is 24.8 Å². The second-order valence-corrected chi connectivity index (χ2v) is 5.70. The zero-order chi connectivity index (χ0) is 14.9. The minimum Gasteiger partial charge on any atom is -0.497 e. The van der Waals surface area contributed by atoms with Crippen molar-refractivity contribution >= 4 is 6.08 Å². The Labute approximate surface area is 128 Å². The number of nitrogens with zero attached hydrogens (tertiary/aromatic N) is 1. The Kier molecular flexibility index (Phi) is 6.77. The average molecular weight is 289 g/mol. The maximum absolute atomic E-state index is 5.17. The minimum atomic E-state index is 0.853. The maximum atomic E-state index is 5.17. The summed E-state index contributed by atoms with van der Waals surface area (Å²) in [5, 5.41) is 0. The summed E-state index contributed by atoms with van der Waals surface area (Å²) < 4.78 is 10.3. The van der Waals surface area contributed by atoms with E-state index in [9.17, 15) is 0 Å². The van der Waals surface area contributed by atoms with Crippen LogP contribution in [0.2, 0.25) is 0 Å². The Morgan fingerprint density at radius 1 is 1.14 bits per heavy atom. The molecule has 3 heteroatoms. The number of benzene rings is 1. The van der Waals surface area contributed by atoms with Crippen LogP contribution in [0.15, 0.2) is 30.3 Å². The maximum Gasteiger partial charge on any atom is 0.118 e. The zero-order valence-electron chi connectivity index (χ0n) is 13.3. The van der Waals surface area contributed by atoms with Crippen molar-refractivity contribution in [2.24, 2.45) is 5.92 Å². The van der Waals surface area contributed by atoms with Crippen molar-refractivity contribution in [3.8, 4) is 5.75 Å². The van der Waals surface area contributed by atoms with Crippen LogP contribution in [0.3, 0.4) is 0 Å². The molecule has 2 rings (SSSR count). The second-order valence-electron chi connectivity index (χ2n) is 5.70. The highest BCUT2D eigenvalue weighted by Crippen LogP contribution is 2.20. The van der Waals surface area contributed by atoms with E-state index in [2.05, 4.69) is 29.2 Å². The normalized spacial score (nSPS) is 17.4. The Hall–Kier alpha value is -1.32. The molecule has 0 N–H and O–H groups in total. The Morgan fingerprint density at radius 3 is 2.48 bits per heavy atom. The van der Waals surface area contributed by atoms with Crippen molar-refractivity contribution in [3.63, 3.8) is 0 Å². The molecule has 116 valence electrons. The fraction of sp³-hybridized carbons (Fsp3) is 0.556. The van der Waals surface area contributed by atoms with Gasteiger partial charge in [-0.1, -0.05) is 24.3 Å². The summed E-state index contributed by atoms with van der Waals surface area (Å²) in [6.45, 7) is 4.37. The summed E-state index contributed by atoms with van der Waals surface area (Å²) in [5.41, 5.74) is 1.23. The molecule has 0 aromatic heterocycles. The second kappa shape index (κ2) is 8.85. The molecule has 0 bridgehead atoms. The van der Waals surface area contributed by atoms with E-state index in [4.69, 9.17) is 9.47 Å². The molecule has 0 amide bonds. The minimum absolute atomic E-state index is 0.853. The van der Waals surface area contributed by atoms with Gasteiger partial charge in [0.1, 0.15) is 5.75 Å². The van der Waals surface area contributed by atoms with Gasteiger partial charge in [-0.25, -0.2) is 0 Å². The highest BCUT2D eigenvalue weighted by molar-refractivity contribution is 5.50. The van der Waals surface area contributed by atoms with Crippen LogP contribution in [-0.2, 0) is 4.74 Å². The van der Waals surface area contributed by atoms with Crippen molar-refractivity contribution in [1.29, 1.82) is 0 Å². The molecule has 21 heavy (non-hydrogen) atoms. The summed E-state index contributed by atoms with van der Waals surface area (Å²) in [4.78, 5) is 2.53. The lowest BCUT2D eigenvalue weighted by atomic mass is 9.94. The summed E-state index contributed by atoms with van der Waals surface area (Å²) >= 11 is 0. The lowest BCUT2D eigenvalue weighted by Gasteiger charge is -2.31. The third-order valence-corrected chi connectivity index (χ3v) is 4.23. The van der Waals surface area contributed by atoms with Crippen LogP contribution < -0.4 is 4.74 Å². The first-order valence-corrected chi connectivity index (χ1v) is 7.83. The van der Waals surface area contributed by atoms with Gasteiger partial charge in [-0.3, -0.25) is 4.90 Å².